The van der Waals surface area contributed by atoms with E-state index >= 15 is 0 Å². The van der Waals surface area contributed by atoms with E-state index < -0.39 is 0 Å². The van der Waals surface area contributed by atoms with Crippen molar-refractivity contribution < 1.29 is 4.74 Å². The molecule has 1 atom stereocenters. The summed E-state index contributed by atoms with van der Waals surface area (Å²) in [4.78, 5) is 2.29. The predicted octanol–water partition coefficient (Wildman–Crippen LogP) is 1.86. The molecule has 92 valence electrons. The molecule has 0 aliphatic carbocycles. The lowest BCUT2D eigenvalue weighted by atomic mass is 9.97. The van der Waals surface area contributed by atoms with E-state index in [4.69, 9.17) is 10.5 Å². The van der Waals surface area contributed by atoms with E-state index in [-0.39, 0.29) is 11.1 Å². The van der Waals surface area contributed by atoms with Crippen molar-refractivity contribution in [1.82, 2.24) is 4.90 Å². The Kier molecular flexibility index (Phi) is 5.78. The summed E-state index contributed by atoms with van der Waals surface area (Å²) in [6, 6.07) is 0. The molecule has 0 rings (SSSR count). The number of likely N-dealkylation sites (N-methyl/N-ethyl adjacent to an activating group) is 1. The van der Waals surface area contributed by atoms with Crippen molar-refractivity contribution in [3.8, 4) is 0 Å². The van der Waals surface area contributed by atoms with Crippen LogP contribution in [0.25, 0.3) is 0 Å². The maximum absolute atomic E-state index is 5.79. The summed E-state index contributed by atoms with van der Waals surface area (Å²) in [5.74, 6) is 0. The molecule has 2 N–H and O–H groups in total. The zero-order valence-electron chi connectivity index (χ0n) is 11.3. The molecule has 3 nitrogen and oxygen atoms in total. The van der Waals surface area contributed by atoms with Crippen molar-refractivity contribution in [3.05, 3.63) is 0 Å². The molecule has 0 aliphatic rings. The van der Waals surface area contributed by atoms with Crippen LogP contribution in [0.2, 0.25) is 0 Å². The molecular formula is C12H28N2O. The highest BCUT2D eigenvalue weighted by Gasteiger charge is 2.25. The Morgan fingerprint density at radius 1 is 1.20 bits per heavy atom. The molecule has 1 unspecified atom stereocenters. The molecule has 0 aromatic carbocycles. The average molecular weight is 216 g/mol. The summed E-state index contributed by atoms with van der Waals surface area (Å²) in [7, 11) is 2.11. The van der Waals surface area contributed by atoms with Gasteiger partial charge in [-0.25, -0.2) is 0 Å². The largest absolute Gasteiger partial charge is 0.375 e. The second-order valence-electron chi connectivity index (χ2n) is 5.44. The Morgan fingerprint density at radius 2 is 1.73 bits per heavy atom. The molecule has 0 spiro atoms. The van der Waals surface area contributed by atoms with E-state index in [1.54, 1.807) is 0 Å². The monoisotopic (exact) mass is 216 g/mol. The molecule has 0 fully saturated rings. The van der Waals surface area contributed by atoms with E-state index in [9.17, 15) is 0 Å². The van der Waals surface area contributed by atoms with Gasteiger partial charge in [0.15, 0.2) is 0 Å². The van der Waals surface area contributed by atoms with E-state index in [2.05, 4.69) is 46.6 Å². The number of ether oxygens (including phenoxy) is 1. The zero-order valence-corrected chi connectivity index (χ0v) is 11.3. The number of rotatable bonds is 6. The third-order valence-corrected chi connectivity index (χ3v) is 3.08. The number of hydrogen-bond acceptors (Lipinski definition) is 3. The molecule has 3 heteroatoms. The fourth-order valence-electron chi connectivity index (χ4n) is 1.33. The molecular weight excluding hydrogens is 188 g/mol. The molecule has 0 amide bonds. The van der Waals surface area contributed by atoms with Crippen LogP contribution in [0, 0.1) is 0 Å². The van der Waals surface area contributed by atoms with Crippen LogP contribution >= 0.6 is 0 Å². The summed E-state index contributed by atoms with van der Waals surface area (Å²) in [5, 5.41) is 0. The predicted molar refractivity (Wildman–Crippen MR) is 66.1 cm³/mol. The van der Waals surface area contributed by atoms with Crippen LogP contribution in [0.4, 0.5) is 0 Å². The molecule has 0 aliphatic heterocycles. The van der Waals surface area contributed by atoms with Gasteiger partial charge in [0, 0.05) is 18.6 Å². The van der Waals surface area contributed by atoms with Crippen molar-refractivity contribution in [3.63, 3.8) is 0 Å². The van der Waals surface area contributed by atoms with Gasteiger partial charge in [-0.2, -0.15) is 0 Å². The van der Waals surface area contributed by atoms with Crippen LogP contribution in [0.15, 0.2) is 0 Å². The summed E-state index contributed by atoms with van der Waals surface area (Å²) >= 11 is 0. The van der Waals surface area contributed by atoms with Gasteiger partial charge in [-0.05, 0) is 41.2 Å². The molecule has 0 saturated heterocycles. The minimum absolute atomic E-state index is 0.0494. The van der Waals surface area contributed by atoms with Gasteiger partial charge in [0.25, 0.3) is 0 Å². The van der Waals surface area contributed by atoms with Crippen LogP contribution in [0.5, 0.6) is 0 Å². The Labute approximate surface area is 95.0 Å². The van der Waals surface area contributed by atoms with E-state index in [0.29, 0.717) is 6.54 Å². The summed E-state index contributed by atoms with van der Waals surface area (Å²) in [6.45, 7) is 13.0. The first-order valence-corrected chi connectivity index (χ1v) is 5.80. The smallest absolute Gasteiger partial charge is 0.0600 e. The normalized spacial score (nSPS) is 16.8. The first-order valence-electron chi connectivity index (χ1n) is 5.80. The van der Waals surface area contributed by atoms with Crippen molar-refractivity contribution in [2.45, 2.75) is 52.2 Å². The minimum atomic E-state index is -0.0494. The lowest BCUT2D eigenvalue weighted by molar-refractivity contribution is -0.0216. The first-order chi connectivity index (χ1) is 6.75. The lowest BCUT2D eigenvalue weighted by Crippen LogP contribution is -2.50. The molecule has 0 bridgehead atoms. The maximum Gasteiger partial charge on any atom is 0.0600 e. The van der Waals surface area contributed by atoms with Gasteiger partial charge >= 0.3 is 0 Å². The Hall–Kier alpha value is -0.120. The number of nitrogens with zero attached hydrogens (tertiary/aromatic N) is 1. The highest BCUT2D eigenvalue weighted by Crippen LogP contribution is 2.16. The van der Waals surface area contributed by atoms with Gasteiger partial charge in [0.05, 0.1) is 12.2 Å². The van der Waals surface area contributed by atoms with Crippen LogP contribution in [0.3, 0.4) is 0 Å². The topological polar surface area (TPSA) is 38.5 Å². The standard InChI is InChI=1S/C12H28N2O/c1-7-12(5,10-13)14(6)8-9-15-11(2,3)4/h7-10,13H2,1-6H3. The van der Waals surface area contributed by atoms with Gasteiger partial charge in [-0.3, -0.25) is 4.90 Å². The fraction of sp³-hybridized carbons (Fsp3) is 1.00. The van der Waals surface area contributed by atoms with Gasteiger partial charge in [0.1, 0.15) is 0 Å². The molecule has 0 saturated carbocycles. The SMILES string of the molecule is CCC(C)(CN)N(C)CCOC(C)(C)C. The highest BCUT2D eigenvalue weighted by molar-refractivity contribution is 4.83. The maximum atomic E-state index is 5.79. The summed E-state index contributed by atoms with van der Waals surface area (Å²) in [5.41, 5.74) is 5.84. The van der Waals surface area contributed by atoms with E-state index in [0.717, 1.165) is 19.6 Å². The summed E-state index contributed by atoms with van der Waals surface area (Å²) < 4.78 is 5.70. The minimum Gasteiger partial charge on any atom is -0.375 e. The van der Waals surface area contributed by atoms with E-state index in [1.165, 1.54) is 0 Å². The lowest BCUT2D eigenvalue weighted by Gasteiger charge is -2.37. The van der Waals surface area contributed by atoms with Crippen LogP contribution in [-0.2, 0) is 4.74 Å². The fourth-order valence-corrected chi connectivity index (χ4v) is 1.33. The second kappa shape index (κ2) is 5.83. The molecule has 15 heavy (non-hydrogen) atoms. The second-order valence-corrected chi connectivity index (χ2v) is 5.44. The molecule has 0 aromatic heterocycles. The van der Waals surface area contributed by atoms with Crippen LogP contribution in [-0.4, -0.2) is 42.8 Å². The number of hydrogen-bond donors (Lipinski definition) is 1. The molecule has 0 aromatic rings. The van der Waals surface area contributed by atoms with Gasteiger partial charge in [0.2, 0.25) is 0 Å². The van der Waals surface area contributed by atoms with Crippen molar-refractivity contribution in [2.24, 2.45) is 5.73 Å². The van der Waals surface area contributed by atoms with Gasteiger partial charge in [-0.15, -0.1) is 0 Å². The van der Waals surface area contributed by atoms with Gasteiger partial charge < -0.3 is 10.5 Å². The number of nitrogens with two attached hydrogens (primary N) is 1. The Bertz CT molecular complexity index is 171. The highest BCUT2D eigenvalue weighted by atomic mass is 16.5. The summed E-state index contributed by atoms with van der Waals surface area (Å²) in [6.07, 6.45) is 1.06. The van der Waals surface area contributed by atoms with Crippen molar-refractivity contribution >= 4 is 0 Å². The zero-order chi connectivity index (χ0) is 12.1. The molecule has 0 heterocycles. The molecule has 0 radical (unpaired) electrons. The van der Waals surface area contributed by atoms with E-state index in [1.807, 2.05) is 0 Å². The van der Waals surface area contributed by atoms with Crippen molar-refractivity contribution in [2.75, 3.05) is 26.7 Å². The third-order valence-electron chi connectivity index (χ3n) is 3.08. The first kappa shape index (κ1) is 14.9. The van der Waals surface area contributed by atoms with Gasteiger partial charge in [-0.1, -0.05) is 6.92 Å². The Balaban J connectivity index is 3.97. The Morgan fingerprint density at radius 3 is 2.07 bits per heavy atom. The third kappa shape index (κ3) is 5.50. The van der Waals surface area contributed by atoms with Crippen LogP contribution in [0.1, 0.15) is 41.0 Å². The average Bonchev–Trinajstić information content (AvgIpc) is 2.14. The van der Waals surface area contributed by atoms with Crippen molar-refractivity contribution in [1.29, 1.82) is 0 Å². The quantitative estimate of drug-likeness (QED) is 0.736. The van der Waals surface area contributed by atoms with Crippen LogP contribution < -0.4 is 5.73 Å².